The van der Waals surface area contributed by atoms with Crippen LogP contribution >= 0.6 is 0 Å². The molecular formula is C23H25N3O4. The van der Waals surface area contributed by atoms with Gasteiger partial charge in [0.2, 0.25) is 5.96 Å². The zero-order chi connectivity index (χ0) is 20.9. The summed E-state index contributed by atoms with van der Waals surface area (Å²) in [7, 11) is 0. The van der Waals surface area contributed by atoms with Crippen molar-refractivity contribution < 1.29 is 19.1 Å². The third-order valence-electron chi connectivity index (χ3n) is 5.16. The zero-order valence-corrected chi connectivity index (χ0v) is 17.0. The van der Waals surface area contributed by atoms with Gasteiger partial charge in [-0.25, -0.2) is 4.99 Å². The molecule has 1 unspecified atom stereocenters. The van der Waals surface area contributed by atoms with Crippen molar-refractivity contribution in [1.29, 1.82) is 0 Å². The van der Waals surface area contributed by atoms with Crippen LogP contribution in [0.2, 0.25) is 0 Å². The molecule has 2 aromatic rings. The highest BCUT2D eigenvalue weighted by Crippen LogP contribution is 2.36. The average molecular weight is 407 g/mol. The molecular weight excluding hydrogens is 382 g/mol. The molecule has 2 heterocycles. The van der Waals surface area contributed by atoms with Crippen LogP contribution in [0.4, 0.5) is 5.69 Å². The minimum Gasteiger partial charge on any atom is -0.494 e. The van der Waals surface area contributed by atoms with E-state index in [2.05, 4.69) is 10.3 Å². The zero-order valence-electron chi connectivity index (χ0n) is 17.0. The predicted octanol–water partition coefficient (Wildman–Crippen LogP) is 3.47. The molecule has 7 heteroatoms. The topological polar surface area (TPSA) is 80.2 Å². The SMILES string of the molecule is CC(=O)OCCCCCOc1ccc2c(c1)CN1C(=N2)NC(=O)C1c1ccccc1. The van der Waals surface area contributed by atoms with Gasteiger partial charge in [0, 0.05) is 19.0 Å². The maximum atomic E-state index is 12.6. The Bertz CT molecular complexity index is 958. The monoisotopic (exact) mass is 407 g/mol. The second kappa shape index (κ2) is 8.98. The number of benzene rings is 2. The van der Waals surface area contributed by atoms with Gasteiger partial charge in [-0.05, 0) is 43.0 Å². The number of nitrogens with one attached hydrogen (secondary N) is 1. The molecule has 156 valence electrons. The summed E-state index contributed by atoms with van der Waals surface area (Å²) in [5.74, 6) is 1.10. The number of carbonyl (C=O) groups is 2. The first-order chi connectivity index (χ1) is 14.6. The van der Waals surface area contributed by atoms with Gasteiger partial charge in [0.15, 0.2) is 0 Å². The molecule has 0 bridgehead atoms. The van der Waals surface area contributed by atoms with Gasteiger partial charge < -0.3 is 14.4 Å². The highest BCUT2D eigenvalue weighted by molar-refractivity contribution is 6.08. The molecule has 2 aromatic carbocycles. The molecule has 1 amide bonds. The summed E-state index contributed by atoms with van der Waals surface area (Å²) in [6.07, 6.45) is 2.66. The summed E-state index contributed by atoms with van der Waals surface area (Å²) in [5.41, 5.74) is 2.83. The lowest BCUT2D eigenvalue weighted by Crippen LogP contribution is -2.33. The molecule has 1 atom stereocenters. The molecule has 0 spiro atoms. The number of esters is 1. The number of ether oxygens (including phenoxy) is 2. The molecule has 30 heavy (non-hydrogen) atoms. The first-order valence-corrected chi connectivity index (χ1v) is 10.2. The smallest absolute Gasteiger partial charge is 0.302 e. The van der Waals surface area contributed by atoms with E-state index in [1.807, 2.05) is 53.4 Å². The standard InChI is InChI=1S/C23H25N3O4/c1-16(27)29-12-6-3-7-13-30-19-10-11-20-18(14-19)15-26-21(17-8-4-2-5-9-17)22(28)25-23(26)24-20/h2,4-5,8-11,14,21H,3,6-7,12-13,15H2,1H3,(H,24,25,28). The fourth-order valence-electron chi connectivity index (χ4n) is 3.71. The second-order valence-corrected chi connectivity index (χ2v) is 7.41. The summed E-state index contributed by atoms with van der Waals surface area (Å²) in [4.78, 5) is 29.9. The molecule has 2 aliphatic rings. The Morgan fingerprint density at radius 2 is 1.93 bits per heavy atom. The number of guanidine groups is 1. The summed E-state index contributed by atoms with van der Waals surface area (Å²) < 4.78 is 10.8. The predicted molar refractivity (Wildman–Crippen MR) is 112 cm³/mol. The third kappa shape index (κ3) is 4.45. The van der Waals surface area contributed by atoms with E-state index in [0.29, 0.717) is 25.7 Å². The Hall–Kier alpha value is -3.35. The number of amides is 1. The minimum absolute atomic E-state index is 0.0574. The molecule has 0 radical (unpaired) electrons. The number of unbranched alkanes of at least 4 members (excludes halogenated alkanes) is 2. The van der Waals surface area contributed by atoms with E-state index < -0.39 is 0 Å². The van der Waals surface area contributed by atoms with Crippen LogP contribution in [0.1, 0.15) is 43.4 Å². The van der Waals surface area contributed by atoms with Crippen molar-refractivity contribution in [3.63, 3.8) is 0 Å². The van der Waals surface area contributed by atoms with Crippen LogP contribution in [0.3, 0.4) is 0 Å². The number of carbonyl (C=O) groups excluding carboxylic acids is 2. The van der Waals surface area contributed by atoms with E-state index in [0.717, 1.165) is 41.8 Å². The van der Waals surface area contributed by atoms with E-state index in [9.17, 15) is 9.59 Å². The van der Waals surface area contributed by atoms with Gasteiger partial charge in [-0.3, -0.25) is 14.9 Å². The maximum Gasteiger partial charge on any atom is 0.302 e. The number of rotatable bonds is 8. The first-order valence-electron chi connectivity index (χ1n) is 10.2. The Morgan fingerprint density at radius 1 is 1.13 bits per heavy atom. The van der Waals surface area contributed by atoms with Gasteiger partial charge in [-0.1, -0.05) is 30.3 Å². The van der Waals surface area contributed by atoms with Crippen LogP contribution in [0.25, 0.3) is 0 Å². The van der Waals surface area contributed by atoms with Crippen molar-refractivity contribution >= 4 is 23.5 Å². The number of fused-ring (bicyclic) bond motifs is 2. The maximum absolute atomic E-state index is 12.6. The average Bonchev–Trinajstić information content (AvgIpc) is 3.06. The summed E-state index contributed by atoms with van der Waals surface area (Å²) in [6.45, 7) is 3.07. The molecule has 7 nitrogen and oxygen atoms in total. The fraction of sp³-hybridized carbons (Fsp3) is 0.348. The Balaban J connectivity index is 1.37. The second-order valence-electron chi connectivity index (χ2n) is 7.41. The van der Waals surface area contributed by atoms with Crippen molar-refractivity contribution in [3.8, 4) is 5.75 Å². The van der Waals surface area contributed by atoms with Crippen LogP contribution in [-0.4, -0.2) is 35.9 Å². The van der Waals surface area contributed by atoms with Crippen LogP contribution in [-0.2, 0) is 20.9 Å². The van der Waals surface area contributed by atoms with Crippen molar-refractivity contribution in [3.05, 3.63) is 59.7 Å². The van der Waals surface area contributed by atoms with Crippen molar-refractivity contribution in [2.75, 3.05) is 13.2 Å². The minimum atomic E-state index is -0.375. The summed E-state index contributed by atoms with van der Waals surface area (Å²) in [5, 5.41) is 2.90. The quantitative estimate of drug-likeness (QED) is 0.535. The lowest BCUT2D eigenvalue weighted by atomic mass is 10.0. The lowest BCUT2D eigenvalue weighted by Gasteiger charge is -2.28. The van der Waals surface area contributed by atoms with E-state index in [1.54, 1.807) is 0 Å². The molecule has 0 aliphatic carbocycles. The molecule has 1 fully saturated rings. The highest BCUT2D eigenvalue weighted by atomic mass is 16.5. The molecule has 1 saturated heterocycles. The molecule has 4 rings (SSSR count). The van der Waals surface area contributed by atoms with Gasteiger partial charge in [-0.15, -0.1) is 0 Å². The van der Waals surface area contributed by atoms with E-state index in [4.69, 9.17) is 9.47 Å². The summed E-state index contributed by atoms with van der Waals surface area (Å²) in [6, 6.07) is 15.2. The van der Waals surface area contributed by atoms with Crippen LogP contribution < -0.4 is 10.1 Å². The van der Waals surface area contributed by atoms with Crippen LogP contribution in [0, 0.1) is 0 Å². The largest absolute Gasteiger partial charge is 0.494 e. The molecule has 0 aromatic heterocycles. The summed E-state index contributed by atoms with van der Waals surface area (Å²) >= 11 is 0. The van der Waals surface area contributed by atoms with Gasteiger partial charge in [0.1, 0.15) is 11.8 Å². The van der Waals surface area contributed by atoms with Crippen molar-refractivity contribution in [1.82, 2.24) is 10.2 Å². The molecule has 2 aliphatic heterocycles. The van der Waals surface area contributed by atoms with Gasteiger partial charge in [0.25, 0.3) is 5.91 Å². The Morgan fingerprint density at radius 3 is 2.73 bits per heavy atom. The third-order valence-corrected chi connectivity index (χ3v) is 5.16. The first kappa shape index (κ1) is 19.9. The van der Waals surface area contributed by atoms with Crippen LogP contribution in [0.15, 0.2) is 53.5 Å². The van der Waals surface area contributed by atoms with Crippen molar-refractivity contribution in [2.24, 2.45) is 4.99 Å². The van der Waals surface area contributed by atoms with Gasteiger partial charge >= 0.3 is 5.97 Å². The number of nitrogens with zero attached hydrogens (tertiary/aromatic N) is 2. The van der Waals surface area contributed by atoms with Crippen molar-refractivity contribution in [2.45, 2.75) is 38.8 Å². The van der Waals surface area contributed by atoms with Gasteiger partial charge in [-0.2, -0.15) is 0 Å². The lowest BCUT2D eigenvalue weighted by molar-refractivity contribution is -0.141. The fourth-order valence-corrected chi connectivity index (χ4v) is 3.71. The van der Waals surface area contributed by atoms with Crippen LogP contribution in [0.5, 0.6) is 5.75 Å². The Labute approximate surface area is 175 Å². The number of aliphatic imine (C=N–C) groups is 1. The number of hydrogen-bond donors (Lipinski definition) is 1. The molecule has 1 N–H and O–H groups in total. The van der Waals surface area contributed by atoms with Gasteiger partial charge in [0.05, 0.1) is 18.9 Å². The van der Waals surface area contributed by atoms with E-state index >= 15 is 0 Å². The number of hydrogen-bond acceptors (Lipinski definition) is 6. The van der Waals surface area contributed by atoms with E-state index in [1.165, 1.54) is 6.92 Å². The highest BCUT2D eigenvalue weighted by Gasteiger charge is 2.39. The van der Waals surface area contributed by atoms with E-state index in [-0.39, 0.29) is 17.9 Å². The normalized spacial score (nSPS) is 17.0. The Kier molecular flexibility index (Phi) is 5.97. The molecule has 0 saturated carbocycles.